The number of benzene rings is 1. The Balaban J connectivity index is 1.45. The fourth-order valence-electron chi connectivity index (χ4n) is 6.61. The second-order valence-corrected chi connectivity index (χ2v) is 13.3. The minimum Gasteiger partial charge on any atom is -0.434 e. The van der Waals surface area contributed by atoms with E-state index in [1.165, 1.54) is 24.6 Å². The van der Waals surface area contributed by atoms with Gasteiger partial charge in [-0.3, -0.25) is 9.69 Å². The predicted octanol–water partition coefficient (Wildman–Crippen LogP) is 5.22. The minimum absolute atomic E-state index is 0.0197. The zero-order valence-corrected chi connectivity index (χ0v) is 28.1. The van der Waals surface area contributed by atoms with E-state index in [9.17, 15) is 9.18 Å². The van der Waals surface area contributed by atoms with Gasteiger partial charge in [0.25, 0.3) is 11.8 Å². The third-order valence-corrected chi connectivity index (χ3v) is 9.15. The smallest absolute Gasteiger partial charge is 0.282 e. The molecule has 10 nitrogen and oxygen atoms in total. The summed E-state index contributed by atoms with van der Waals surface area (Å²) in [5.74, 6) is 0.573. The van der Waals surface area contributed by atoms with E-state index < -0.39 is 5.82 Å². The molecule has 0 N–H and O–H groups in total. The Hall–Kier alpha value is -2.60. The first kappa shape index (κ1) is 34.3. The van der Waals surface area contributed by atoms with Crippen molar-refractivity contribution in [3.8, 4) is 11.6 Å². The molecule has 2 aromatic rings. The van der Waals surface area contributed by atoms with Crippen LogP contribution in [0.1, 0.15) is 64.2 Å². The van der Waals surface area contributed by atoms with Crippen molar-refractivity contribution in [3.05, 3.63) is 34.9 Å². The third-order valence-electron chi connectivity index (χ3n) is 8.99. The van der Waals surface area contributed by atoms with Crippen LogP contribution in [0.2, 0.25) is 5.28 Å². The summed E-state index contributed by atoms with van der Waals surface area (Å²) in [4.78, 5) is 26.7. The summed E-state index contributed by atoms with van der Waals surface area (Å²) >= 11 is 6.22. The fourth-order valence-corrected chi connectivity index (χ4v) is 6.73. The number of amides is 1. The number of ether oxygens (including phenoxy) is 2. The number of carbonyl (C=O) groups excluding carboxylic acids is 1. The second-order valence-electron chi connectivity index (χ2n) is 13.0. The molecule has 0 bridgehead atoms. The van der Waals surface area contributed by atoms with Crippen LogP contribution in [0.5, 0.6) is 11.6 Å². The fraction of sp³-hybridized carbons (Fsp3) is 0.688. The number of likely N-dealkylation sites (tertiary alicyclic amines) is 1. The first-order valence-corrected chi connectivity index (χ1v) is 16.2. The molecule has 2 fully saturated rings. The number of hydrogen-bond donors (Lipinski definition) is 0. The zero-order valence-electron chi connectivity index (χ0n) is 27.4. The van der Waals surface area contributed by atoms with Crippen LogP contribution >= 0.6 is 11.6 Å². The summed E-state index contributed by atoms with van der Waals surface area (Å²) in [5, 5.41) is 8.16. The average Bonchev–Trinajstić information content (AvgIpc) is 3.41. The average molecular weight is 639 g/mol. The molecule has 0 aliphatic carbocycles. The number of hydrogen-bond acceptors (Lipinski definition) is 9. The lowest BCUT2D eigenvalue weighted by Crippen LogP contribution is -2.62. The third kappa shape index (κ3) is 8.16. The van der Waals surface area contributed by atoms with Crippen molar-refractivity contribution in [1.82, 2.24) is 29.9 Å². The highest BCUT2D eigenvalue weighted by Gasteiger charge is 2.50. The summed E-state index contributed by atoms with van der Waals surface area (Å²) in [6.07, 6.45) is 3.35. The molecule has 4 rings (SSSR count). The van der Waals surface area contributed by atoms with Gasteiger partial charge in [-0.2, -0.15) is 4.98 Å². The van der Waals surface area contributed by atoms with E-state index >= 15 is 0 Å². The van der Waals surface area contributed by atoms with Crippen LogP contribution in [0.15, 0.2) is 18.2 Å². The number of rotatable bonds is 15. The molecule has 12 heteroatoms. The van der Waals surface area contributed by atoms with E-state index in [0.717, 1.165) is 58.7 Å². The molecular weight excluding hydrogens is 590 g/mol. The summed E-state index contributed by atoms with van der Waals surface area (Å²) < 4.78 is 25.7. The molecule has 1 amide bonds. The van der Waals surface area contributed by atoms with Crippen molar-refractivity contribution in [3.63, 3.8) is 0 Å². The van der Waals surface area contributed by atoms with Crippen LogP contribution in [0.3, 0.4) is 0 Å². The zero-order chi connectivity index (χ0) is 32.0. The van der Waals surface area contributed by atoms with Crippen LogP contribution in [0.25, 0.3) is 0 Å². The van der Waals surface area contributed by atoms with Gasteiger partial charge in [0.05, 0.1) is 12.2 Å². The standard InChI is InChI=1S/C32H49ClFN7O3/c1-8-41(23(4)5)30(42)25-18-24(34)11-12-27(25)44-29-28(35-31(33)37-36-29)39-15-13-32(19-39)20-40(21-32)26(22(2)3)10-9-14-38(6)16-17-43-7/h11-12,18,22-23,26H,8-10,13-17,19-21H2,1-7H3/t26-/m1/s1/i1+1,4+1,5+1,8+1,23+1. The lowest BCUT2D eigenvalue weighted by atomic mass is 9.76. The van der Waals surface area contributed by atoms with E-state index in [1.54, 1.807) is 12.0 Å². The van der Waals surface area contributed by atoms with Crippen LogP contribution in [0.4, 0.5) is 10.2 Å². The quantitative estimate of drug-likeness (QED) is 0.244. The molecular formula is C32H49ClFN7O3. The van der Waals surface area contributed by atoms with Gasteiger partial charge in [-0.05, 0) is 89.3 Å². The topological polar surface area (TPSA) is 87.2 Å². The van der Waals surface area contributed by atoms with Gasteiger partial charge in [-0.15, -0.1) is 10.2 Å². The van der Waals surface area contributed by atoms with Gasteiger partial charge in [0.1, 0.15) is 11.6 Å². The molecule has 3 heterocycles. The lowest BCUT2D eigenvalue weighted by Gasteiger charge is -2.53. The van der Waals surface area contributed by atoms with Gasteiger partial charge in [-0.1, -0.05) is 13.8 Å². The lowest BCUT2D eigenvalue weighted by molar-refractivity contribution is -0.0345. The molecule has 1 atom stereocenters. The van der Waals surface area contributed by atoms with Crippen molar-refractivity contribution in [2.75, 3.05) is 71.5 Å². The maximum absolute atomic E-state index is 14.3. The summed E-state index contributed by atoms with van der Waals surface area (Å²) in [5.41, 5.74) is 0.285. The molecule has 244 valence electrons. The van der Waals surface area contributed by atoms with Gasteiger partial charge >= 0.3 is 0 Å². The molecule has 2 saturated heterocycles. The van der Waals surface area contributed by atoms with Gasteiger partial charge < -0.3 is 24.2 Å². The van der Waals surface area contributed by atoms with E-state index in [4.69, 9.17) is 21.1 Å². The highest BCUT2D eigenvalue weighted by atomic mass is 35.5. The Kier molecular flexibility index (Phi) is 11.8. The van der Waals surface area contributed by atoms with Crippen molar-refractivity contribution in [2.45, 2.75) is 66.0 Å². The van der Waals surface area contributed by atoms with E-state index in [2.05, 4.69) is 50.8 Å². The van der Waals surface area contributed by atoms with Gasteiger partial charge in [-0.25, -0.2) is 4.39 Å². The van der Waals surface area contributed by atoms with Crippen molar-refractivity contribution < 1.29 is 18.7 Å². The maximum Gasteiger partial charge on any atom is 0.282 e. The first-order valence-electron chi connectivity index (χ1n) is 15.8. The number of likely N-dealkylation sites (N-methyl/N-ethyl adjacent to an activating group) is 1. The number of methoxy groups -OCH3 is 1. The Bertz CT molecular complexity index is 1260. The van der Waals surface area contributed by atoms with Crippen LogP contribution in [-0.4, -0.2) is 114 Å². The maximum atomic E-state index is 14.3. The minimum atomic E-state index is -0.519. The Morgan fingerprint density at radius 2 is 1.91 bits per heavy atom. The van der Waals surface area contributed by atoms with Crippen LogP contribution in [-0.2, 0) is 4.74 Å². The molecule has 2 aliphatic heterocycles. The summed E-state index contributed by atoms with van der Waals surface area (Å²) in [7, 11) is 3.90. The highest BCUT2D eigenvalue weighted by Crippen LogP contribution is 2.45. The molecule has 44 heavy (non-hydrogen) atoms. The van der Waals surface area contributed by atoms with Gasteiger partial charge in [0, 0.05) is 63.9 Å². The van der Waals surface area contributed by atoms with Gasteiger partial charge in [0.15, 0.2) is 5.82 Å². The molecule has 1 aromatic heterocycles. The largest absolute Gasteiger partial charge is 0.434 e. The predicted molar refractivity (Wildman–Crippen MR) is 171 cm³/mol. The second kappa shape index (κ2) is 15.1. The number of aromatic nitrogens is 3. The number of halogens is 2. The highest BCUT2D eigenvalue weighted by molar-refractivity contribution is 6.28. The van der Waals surface area contributed by atoms with Crippen molar-refractivity contribution >= 4 is 23.3 Å². The Morgan fingerprint density at radius 1 is 1.16 bits per heavy atom. The number of nitrogens with zero attached hydrogens (tertiary/aromatic N) is 7. The first-order chi connectivity index (χ1) is 21.0. The number of anilines is 1. The molecule has 2 aliphatic rings. The Morgan fingerprint density at radius 3 is 2.57 bits per heavy atom. The molecule has 0 unspecified atom stereocenters. The van der Waals surface area contributed by atoms with E-state index in [1.807, 2.05) is 20.8 Å². The normalized spacial score (nSPS) is 17.1. The SMILES string of the molecule is COCCN(C)CCC[C@H](C(C)C)N1CC2(CCN(c3nc(Cl)nnc3Oc3ccc(F)cc3C(=O)N([13CH2][13CH3])[13CH]([13CH3])[13CH3])C2)C1. The molecule has 0 radical (unpaired) electrons. The summed E-state index contributed by atoms with van der Waals surface area (Å²) in [6, 6.07) is 4.41. The van der Waals surface area contributed by atoms with Crippen molar-refractivity contribution in [2.24, 2.45) is 11.3 Å². The van der Waals surface area contributed by atoms with Crippen LogP contribution in [0, 0.1) is 17.2 Å². The monoisotopic (exact) mass is 638 g/mol. The molecule has 1 aromatic carbocycles. The van der Waals surface area contributed by atoms with Crippen LogP contribution < -0.4 is 9.64 Å². The van der Waals surface area contributed by atoms with E-state index in [0.29, 0.717) is 24.3 Å². The van der Waals surface area contributed by atoms with Gasteiger partial charge in [0.2, 0.25) is 5.28 Å². The number of carbonyl (C=O) groups is 1. The Labute approximate surface area is 266 Å². The van der Waals surface area contributed by atoms with E-state index in [-0.39, 0.29) is 39.8 Å². The summed E-state index contributed by atoms with van der Waals surface area (Å²) in [6.45, 7) is 17.3. The molecule has 0 saturated carbocycles. The van der Waals surface area contributed by atoms with Crippen molar-refractivity contribution in [1.29, 1.82) is 0 Å². The molecule has 1 spiro atoms.